The van der Waals surface area contributed by atoms with Gasteiger partial charge in [0.05, 0.1) is 24.4 Å². The first-order valence-corrected chi connectivity index (χ1v) is 7.02. The number of carbonyl (C=O) groups excluding carboxylic acids is 1. The molecule has 2 N–H and O–H groups in total. The first kappa shape index (κ1) is 14.3. The molecular weight excluding hydrogens is 274 g/mol. The van der Waals surface area contributed by atoms with Gasteiger partial charge in [0.1, 0.15) is 5.75 Å². The van der Waals surface area contributed by atoms with Gasteiger partial charge in [0, 0.05) is 16.6 Å². The predicted octanol–water partition coefficient (Wildman–Crippen LogP) is 3.09. The Balaban J connectivity index is 1.90. The van der Waals surface area contributed by atoms with E-state index in [0.717, 1.165) is 15.6 Å². The van der Waals surface area contributed by atoms with Gasteiger partial charge in [0.25, 0.3) is 0 Å². The minimum absolute atomic E-state index is 0.247. The minimum atomic E-state index is -0.247. The van der Waals surface area contributed by atoms with Crippen LogP contribution in [0.2, 0.25) is 0 Å². The normalized spacial score (nSPS) is 10.2. The molecule has 1 heterocycles. The van der Waals surface area contributed by atoms with Crippen LogP contribution >= 0.6 is 11.3 Å². The fourth-order valence-electron chi connectivity index (χ4n) is 1.77. The van der Waals surface area contributed by atoms with E-state index >= 15 is 0 Å². The zero-order valence-electron chi connectivity index (χ0n) is 11.7. The molecule has 0 radical (unpaired) electrons. The Kier molecular flexibility index (Phi) is 4.57. The highest BCUT2D eigenvalue weighted by molar-refractivity contribution is 7.11. The molecule has 20 heavy (non-hydrogen) atoms. The van der Waals surface area contributed by atoms with Gasteiger partial charge in [0.15, 0.2) is 0 Å². The average molecular weight is 291 g/mol. The lowest BCUT2D eigenvalue weighted by Gasteiger charge is -2.08. The van der Waals surface area contributed by atoms with E-state index in [2.05, 4.69) is 15.6 Å². The van der Waals surface area contributed by atoms with E-state index in [1.807, 2.05) is 32.0 Å². The van der Waals surface area contributed by atoms with E-state index in [1.54, 1.807) is 24.5 Å². The number of methoxy groups -OCH3 is 1. The zero-order chi connectivity index (χ0) is 14.5. The van der Waals surface area contributed by atoms with Crippen molar-refractivity contribution in [2.75, 3.05) is 12.4 Å². The van der Waals surface area contributed by atoms with Crippen LogP contribution in [0.4, 0.5) is 10.5 Å². The van der Waals surface area contributed by atoms with Crippen LogP contribution in [0.25, 0.3) is 0 Å². The van der Waals surface area contributed by atoms with E-state index in [4.69, 9.17) is 4.74 Å². The van der Waals surface area contributed by atoms with Gasteiger partial charge in [-0.3, -0.25) is 0 Å². The van der Waals surface area contributed by atoms with Crippen molar-refractivity contribution in [1.82, 2.24) is 10.3 Å². The van der Waals surface area contributed by atoms with Crippen LogP contribution < -0.4 is 15.4 Å². The fourth-order valence-corrected chi connectivity index (χ4v) is 2.65. The third-order valence-corrected chi connectivity index (χ3v) is 3.81. The molecule has 6 heteroatoms. The maximum absolute atomic E-state index is 11.8. The third kappa shape index (κ3) is 3.71. The van der Waals surface area contributed by atoms with Crippen LogP contribution in [0.3, 0.4) is 0 Å². The Hall–Kier alpha value is -2.08. The van der Waals surface area contributed by atoms with Crippen molar-refractivity contribution in [2.24, 2.45) is 0 Å². The maximum Gasteiger partial charge on any atom is 0.319 e. The Labute approximate surface area is 122 Å². The lowest BCUT2D eigenvalue weighted by Crippen LogP contribution is -2.28. The first-order valence-electron chi connectivity index (χ1n) is 6.20. The molecule has 2 amide bonds. The number of benzene rings is 1. The summed E-state index contributed by atoms with van der Waals surface area (Å²) in [5.74, 6) is 0.705. The summed E-state index contributed by atoms with van der Waals surface area (Å²) in [6, 6.07) is 6.98. The summed E-state index contributed by atoms with van der Waals surface area (Å²) >= 11 is 1.60. The Morgan fingerprint density at radius 1 is 1.40 bits per heavy atom. The minimum Gasteiger partial charge on any atom is -0.497 e. The van der Waals surface area contributed by atoms with Crippen molar-refractivity contribution in [1.29, 1.82) is 0 Å². The molecule has 0 saturated heterocycles. The van der Waals surface area contributed by atoms with Crippen LogP contribution in [-0.2, 0) is 6.54 Å². The highest BCUT2D eigenvalue weighted by Gasteiger charge is 2.07. The van der Waals surface area contributed by atoms with Crippen molar-refractivity contribution in [2.45, 2.75) is 20.4 Å². The number of nitrogens with one attached hydrogen (secondary N) is 2. The molecule has 0 atom stereocenters. The summed E-state index contributed by atoms with van der Waals surface area (Å²) in [7, 11) is 1.59. The number of thiazole rings is 1. The average Bonchev–Trinajstić information content (AvgIpc) is 2.75. The number of anilines is 1. The standard InChI is InChI=1S/C14H17N3O2S/c1-9-13(20-10(2)16-9)8-15-14(18)17-11-5-4-6-12(7-11)19-3/h4-7H,8H2,1-3H3,(H2,15,17,18). The number of nitrogens with zero attached hydrogens (tertiary/aromatic N) is 1. The molecule has 0 aliphatic rings. The highest BCUT2D eigenvalue weighted by atomic mass is 32.1. The van der Waals surface area contributed by atoms with Crippen molar-refractivity contribution < 1.29 is 9.53 Å². The Morgan fingerprint density at radius 3 is 2.85 bits per heavy atom. The molecule has 1 aromatic carbocycles. The largest absolute Gasteiger partial charge is 0.497 e. The van der Waals surface area contributed by atoms with E-state index in [-0.39, 0.29) is 6.03 Å². The summed E-state index contributed by atoms with van der Waals surface area (Å²) in [5.41, 5.74) is 1.66. The Morgan fingerprint density at radius 2 is 2.20 bits per heavy atom. The fraction of sp³-hybridized carbons (Fsp3) is 0.286. The molecule has 0 saturated carbocycles. The lowest BCUT2D eigenvalue weighted by atomic mass is 10.3. The second-order valence-corrected chi connectivity index (χ2v) is 5.57. The number of aryl methyl sites for hydroxylation is 2. The molecule has 5 nitrogen and oxygen atoms in total. The molecule has 0 fully saturated rings. The number of hydrogen-bond acceptors (Lipinski definition) is 4. The molecule has 0 unspecified atom stereocenters. The molecule has 2 rings (SSSR count). The number of ether oxygens (including phenoxy) is 1. The van der Waals surface area contributed by atoms with E-state index in [0.29, 0.717) is 18.0 Å². The van der Waals surface area contributed by atoms with Gasteiger partial charge in [0.2, 0.25) is 0 Å². The SMILES string of the molecule is COc1cccc(NC(=O)NCc2sc(C)nc2C)c1. The predicted molar refractivity (Wildman–Crippen MR) is 80.4 cm³/mol. The van der Waals surface area contributed by atoms with Crippen LogP contribution in [0.15, 0.2) is 24.3 Å². The van der Waals surface area contributed by atoms with Gasteiger partial charge in [-0.15, -0.1) is 11.3 Å². The van der Waals surface area contributed by atoms with E-state index in [1.165, 1.54) is 0 Å². The van der Waals surface area contributed by atoms with Gasteiger partial charge in [-0.1, -0.05) is 6.07 Å². The van der Waals surface area contributed by atoms with Crippen LogP contribution in [0.1, 0.15) is 15.6 Å². The van der Waals surface area contributed by atoms with Crippen LogP contribution in [-0.4, -0.2) is 18.1 Å². The quantitative estimate of drug-likeness (QED) is 0.910. The van der Waals surface area contributed by atoms with E-state index in [9.17, 15) is 4.79 Å². The summed E-state index contributed by atoms with van der Waals surface area (Å²) in [4.78, 5) is 17.2. The molecule has 0 aliphatic carbocycles. The van der Waals surface area contributed by atoms with Gasteiger partial charge >= 0.3 is 6.03 Å². The van der Waals surface area contributed by atoms with Crippen molar-refractivity contribution in [3.8, 4) is 5.75 Å². The molecule has 2 aromatic rings. The molecule has 1 aromatic heterocycles. The molecule has 0 aliphatic heterocycles. The maximum atomic E-state index is 11.8. The number of urea groups is 1. The number of rotatable bonds is 4. The smallest absolute Gasteiger partial charge is 0.319 e. The van der Waals surface area contributed by atoms with Gasteiger partial charge in [-0.25, -0.2) is 9.78 Å². The number of aromatic nitrogens is 1. The second-order valence-electron chi connectivity index (χ2n) is 4.28. The number of amides is 2. The first-order chi connectivity index (χ1) is 9.58. The summed E-state index contributed by atoms with van der Waals surface area (Å²) in [6.45, 7) is 4.38. The van der Waals surface area contributed by atoms with Gasteiger partial charge in [-0.2, -0.15) is 0 Å². The lowest BCUT2D eigenvalue weighted by molar-refractivity contribution is 0.252. The summed E-state index contributed by atoms with van der Waals surface area (Å²) in [6.07, 6.45) is 0. The highest BCUT2D eigenvalue weighted by Crippen LogP contribution is 2.18. The number of hydrogen-bond donors (Lipinski definition) is 2. The van der Waals surface area contributed by atoms with E-state index < -0.39 is 0 Å². The van der Waals surface area contributed by atoms with Gasteiger partial charge in [-0.05, 0) is 26.0 Å². The molecular formula is C14H17N3O2S. The third-order valence-electron chi connectivity index (χ3n) is 2.74. The van der Waals surface area contributed by atoms with Crippen LogP contribution in [0, 0.1) is 13.8 Å². The zero-order valence-corrected chi connectivity index (χ0v) is 12.5. The van der Waals surface area contributed by atoms with Crippen molar-refractivity contribution in [3.63, 3.8) is 0 Å². The summed E-state index contributed by atoms with van der Waals surface area (Å²) < 4.78 is 5.11. The summed E-state index contributed by atoms with van der Waals surface area (Å²) in [5, 5.41) is 6.59. The monoisotopic (exact) mass is 291 g/mol. The van der Waals surface area contributed by atoms with Gasteiger partial charge < -0.3 is 15.4 Å². The molecule has 106 valence electrons. The second kappa shape index (κ2) is 6.38. The van der Waals surface area contributed by atoms with Crippen molar-refractivity contribution >= 4 is 23.1 Å². The number of carbonyl (C=O) groups is 1. The topological polar surface area (TPSA) is 63.2 Å². The Bertz CT molecular complexity index is 610. The molecule has 0 spiro atoms. The van der Waals surface area contributed by atoms with Crippen LogP contribution in [0.5, 0.6) is 5.75 Å². The molecule has 0 bridgehead atoms. The van der Waals surface area contributed by atoms with Crippen molar-refractivity contribution in [3.05, 3.63) is 39.8 Å².